The van der Waals surface area contributed by atoms with E-state index in [1.165, 1.54) is 5.56 Å². The second-order valence-electron chi connectivity index (χ2n) is 6.03. The summed E-state index contributed by atoms with van der Waals surface area (Å²) >= 11 is 0. The molecule has 104 valence electrons. The lowest BCUT2D eigenvalue weighted by Gasteiger charge is -2.29. The van der Waals surface area contributed by atoms with E-state index in [-0.39, 0.29) is 11.3 Å². The fourth-order valence-corrected chi connectivity index (χ4v) is 2.42. The topological polar surface area (TPSA) is 72.3 Å². The second kappa shape index (κ2) is 5.31. The number of hydrogen-bond donors (Lipinski definition) is 2. The maximum atomic E-state index is 12.2. The molecule has 0 aromatic heterocycles. The van der Waals surface area contributed by atoms with Gasteiger partial charge < -0.3 is 16.4 Å². The van der Waals surface area contributed by atoms with Gasteiger partial charge in [0.25, 0.3) is 0 Å². The van der Waals surface area contributed by atoms with Crippen LogP contribution < -0.4 is 16.4 Å². The summed E-state index contributed by atoms with van der Waals surface area (Å²) in [4.78, 5) is 14.0. The van der Waals surface area contributed by atoms with E-state index in [0.717, 1.165) is 17.7 Å². The Morgan fingerprint density at radius 2 is 2.05 bits per heavy atom. The quantitative estimate of drug-likeness (QED) is 0.832. The Kier molecular flexibility index (Phi) is 3.92. The van der Waals surface area contributed by atoms with Crippen molar-refractivity contribution in [2.75, 3.05) is 24.5 Å². The second-order valence-corrected chi connectivity index (χ2v) is 6.03. The van der Waals surface area contributed by atoms with Gasteiger partial charge in [0.15, 0.2) is 0 Å². The van der Waals surface area contributed by atoms with Crippen molar-refractivity contribution < 1.29 is 4.79 Å². The van der Waals surface area contributed by atoms with Crippen LogP contribution in [0, 0.1) is 5.41 Å². The Labute approximate surface area is 114 Å². The van der Waals surface area contributed by atoms with E-state index in [2.05, 4.69) is 26.0 Å². The third-order valence-corrected chi connectivity index (χ3v) is 3.65. The molecule has 4 heteroatoms. The summed E-state index contributed by atoms with van der Waals surface area (Å²) < 4.78 is 0. The van der Waals surface area contributed by atoms with Gasteiger partial charge in [-0.25, -0.2) is 0 Å². The normalized spacial score (nSPS) is 14.9. The zero-order chi connectivity index (χ0) is 14.0. The maximum absolute atomic E-state index is 12.2. The summed E-state index contributed by atoms with van der Waals surface area (Å²) in [5.74, 6) is 0.168. The van der Waals surface area contributed by atoms with E-state index < -0.39 is 0 Å². The van der Waals surface area contributed by atoms with Gasteiger partial charge in [0, 0.05) is 12.2 Å². The number of amides is 1. The molecule has 0 saturated carbocycles. The summed E-state index contributed by atoms with van der Waals surface area (Å²) in [5.41, 5.74) is 14.6. The van der Waals surface area contributed by atoms with E-state index in [1.54, 1.807) is 0 Å². The van der Waals surface area contributed by atoms with Crippen molar-refractivity contribution >= 4 is 11.6 Å². The minimum atomic E-state index is -0.0623. The van der Waals surface area contributed by atoms with E-state index in [4.69, 9.17) is 11.5 Å². The number of nitrogens with two attached hydrogens (primary N) is 2. The highest BCUT2D eigenvalue weighted by atomic mass is 16.2. The summed E-state index contributed by atoms with van der Waals surface area (Å²) in [5, 5.41) is 0. The Hall–Kier alpha value is -1.39. The Bertz CT molecular complexity index is 482. The van der Waals surface area contributed by atoms with Gasteiger partial charge in [-0.05, 0) is 42.1 Å². The molecule has 2 rings (SSSR count). The van der Waals surface area contributed by atoms with Crippen LogP contribution in [0.1, 0.15) is 25.0 Å². The van der Waals surface area contributed by atoms with Crippen LogP contribution >= 0.6 is 0 Å². The SMILES string of the molecule is CC(C)(CN)CN1C(=O)Cc2cc(CCN)ccc21. The van der Waals surface area contributed by atoms with Gasteiger partial charge >= 0.3 is 0 Å². The number of carbonyl (C=O) groups excluding carboxylic acids is 1. The highest BCUT2D eigenvalue weighted by molar-refractivity contribution is 6.01. The Balaban J connectivity index is 2.24. The lowest BCUT2D eigenvalue weighted by Crippen LogP contribution is -2.40. The molecule has 0 unspecified atom stereocenters. The fourth-order valence-electron chi connectivity index (χ4n) is 2.42. The summed E-state index contributed by atoms with van der Waals surface area (Å²) in [6.07, 6.45) is 1.35. The predicted octanol–water partition coefficient (Wildman–Crippen LogP) is 1.06. The first-order valence-electron chi connectivity index (χ1n) is 6.79. The molecule has 1 aliphatic heterocycles. The van der Waals surface area contributed by atoms with Crippen LogP contribution in [0.4, 0.5) is 5.69 Å². The van der Waals surface area contributed by atoms with Crippen molar-refractivity contribution in [3.8, 4) is 0 Å². The van der Waals surface area contributed by atoms with Crippen LogP contribution in [0.3, 0.4) is 0 Å². The van der Waals surface area contributed by atoms with E-state index in [0.29, 0.717) is 26.1 Å². The minimum Gasteiger partial charge on any atom is -0.330 e. The fraction of sp³-hybridized carbons (Fsp3) is 0.533. The molecule has 1 aromatic rings. The number of benzene rings is 1. The van der Waals surface area contributed by atoms with Crippen LogP contribution in [-0.2, 0) is 17.6 Å². The molecule has 19 heavy (non-hydrogen) atoms. The standard InChI is InChI=1S/C15H23N3O/c1-15(2,9-17)10-18-13-4-3-11(5-6-16)7-12(13)8-14(18)19/h3-4,7H,5-6,8-10,16-17H2,1-2H3. The molecule has 0 fully saturated rings. The van der Waals surface area contributed by atoms with E-state index >= 15 is 0 Å². The van der Waals surface area contributed by atoms with Crippen molar-refractivity contribution in [2.45, 2.75) is 26.7 Å². The smallest absolute Gasteiger partial charge is 0.231 e. The number of carbonyl (C=O) groups is 1. The predicted molar refractivity (Wildman–Crippen MR) is 78.1 cm³/mol. The lowest BCUT2D eigenvalue weighted by atomic mass is 9.93. The van der Waals surface area contributed by atoms with Gasteiger partial charge in [-0.2, -0.15) is 0 Å². The molecule has 0 aliphatic carbocycles. The summed E-state index contributed by atoms with van der Waals surface area (Å²) in [6.45, 7) is 6.04. The summed E-state index contributed by atoms with van der Waals surface area (Å²) in [7, 11) is 0. The first kappa shape index (κ1) is 14.0. The molecule has 0 saturated heterocycles. The van der Waals surface area contributed by atoms with Gasteiger partial charge in [0.2, 0.25) is 5.91 Å². The largest absolute Gasteiger partial charge is 0.330 e. The molecule has 1 amide bonds. The van der Waals surface area contributed by atoms with E-state index in [9.17, 15) is 4.79 Å². The molecule has 1 heterocycles. The highest BCUT2D eigenvalue weighted by Gasteiger charge is 2.31. The molecule has 0 atom stereocenters. The molecule has 0 spiro atoms. The number of anilines is 1. The first-order chi connectivity index (χ1) is 8.96. The van der Waals surface area contributed by atoms with Crippen LogP contribution in [-0.4, -0.2) is 25.5 Å². The van der Waals surface area contributed by atoms with E-state index in [1.807, 2.05) is 11.0 Å². The first-order valence-corrected chi connectivity index (χ1v) is 6.79. The Morgan fingerprint density at radius 3 is 2.68 bits per heavy atom. The molecule has 1 aliphatic rings. The summed E-state index contributed by atoms with van der Waals surface area (Å²) in [6, 6.07) is 6.21. The zero-order valence-corrected chi connectivity index (χ0v) is 11.8. The van der Waals surface area contributed by atoms with Crippen molar-refractivity contribution in [1.29, 1.82) is 0 Å². The third kappa shape index (κ3) is 2.96. The van der Waals surface area contributed by atoms with Crippen LogP contribution in [0.2, 0.25) is 0 Å². The number of nitrogens with zero attached hydrogens (tertiary/aromatic N) is 1. The van der Waals surface area contributed by atoms with Crippen LogP contribution in [0.25, 0.3) is 0 Å². The van der Waals surface area contributed by atoms with Gasteiger partial charge in [-0.15, -0.1) is 0 Å². The zero-order valence-electron chi connectivity index (χ0n) is 11.8. The third-order valence-electron chi connectivity index (χ3n) is 3.65. The van der Waals surface area contributed by atoms with Crippen molar-refractivity contribution in [2.24, 2.45) is 16.9 Å². The molecule has 0 radical (unpaired) electrons. The molecule has 4 N–H and O–H groups in total. The maximum Gasteiger partial charge on any atom is 0.231 e. The monoisotopic (exact) mass is 261 g/mol. The van der Waals surface area contributed by atoms with Gasteiger partial charge in [0.05, 0.1) is 6.42 Å². The average Bonchev–Trinajstić information content (AvgIpc) is 2.65. The average molecular weight is 261 g/mol. The van der Waals surface area contributed by atoms with Crippen LogP contribution in [0.15, 0.2) is 18.2 Å². The molecule has 1 aromatic carbocycles. The minimum absolute atomic E-state index is 0.0623. The molecule has 4 nitrogen and oxygen atoms in total. The van der Waals surface area contributed by atoms with Gasteiger partial charge in [-0.1, -0.05) is 26.0 Å². The molecular weight excluding hydrogens is 238 g/mol. The molecular formula is C15H23N3O. The van der Waals surface area contributed by atoms with Gasteiger partial charge in [-0.3, -0.25) is 4.79 Å². The van der Waals surface area contributed by atoms with Crippen LogP contribution in [0.5, 0.6) is 0 Å². The lowest BCUT2D eigenvalue weighted by molar-refractivity contribution is -0.117. The number of rotatable bonds is 5. The Morgan fingerprint density at radius 1 is 1.32 bits per heavy atom. The number of hydrogen-bond acceptors (Lipinski definition) is 3. The number of fused-ring (bicyclic) bond motifs is 1. The highest BCUT2D eigenvalue weighted by Crippen LogP contribution is 2.32. The molecule has 0 bridgehead atoms. The van der Waals surface area contributed by atoms with Crippen molar-refractivity contribution in [3.63, 3.8) is 0 Å². The van der Waals surface area contributed by atoms with Crippen molar-refractivity contribution in [3.05, 3.63) is 29.3 Å². The van der Waals surface area contributed by atoms with Gasteiger partial charge in [0.1, 0.15) is 0 Å². The van der Waals surface area contributed by atoms with Crippen molar-refractivity contribution in [1.82, 2.24) is 0 Å².